The number of alkyl halides is 6. The summed E-state index contributed by atoms with van der Waals surface area (Å²) in [6.07, 6.45) is -5.92. The lowest BCUT2D eigenvalue weighted by atomic mass is 9.97. The number of ether oxygens (including phenoxy) is 1. The molecule has 4 N–H and O–H groups in total. The summed E-state index contributed by atoms with van der Waals surface area (Å²) >= 11 is 0. The number of rotatable bonds is 15. The van der Waals surface area contributed by atoms with Crippen molar-refractivity contribution < 1.29 is 45.5 Å². The van der Waals surface area contributed by atoms with E-state index in [1.165, 1.54) is 41.3 Å². The lowest BCUT2D eigenvalue weighted by Crippen LogP contribution is -2.36. The van der Waals surface area contributed by atoms with E-state index < -0.39 is 29.9 Å². The van der Waals surface area contributed by atoms with Crippen molar-refractivity contribution in [1.82, 2.24) is 10.2 Å². The Kier molecular flexibility index (Phi) is 13.8. The first-order valence-electron chi connectivity index (χ1n) is 16.5. The first-order valence-corrected chi connectivity index (χ1v) is 16.5. The highest BCUT2D eigenvalue weighted by atomic mass is 19.4. The lowest BCUT2D eigenvalue weighted by molar-refractivity contribution is -0.189. The SMILES string of the molecule is NCCCCCCNC(=O)c1ccccc1-c1cccc(CN(CCc2ccc(OC(=O)C(F)(F)F)cc2)C(=O)Nc2cccc(C(F)(F)F)c2)c1. The quantitative estimate of drug-likeness (QED) is 0.0493. The third-order valence-electron chi connectivity index (χ3n) is 7.96. The standard InChI is InChI=1S/C38H38F6N4O4/c39-37(40,41)29-11-8-12-30(24-29)47-36(51)48(22-19-26-15-17-31(18-16-26)52-35(50)38(42,43)44)25-27-9-7-10-28(23-27)32-13-3-4-14-33(32)34(49)46-21-6-2-1-5-20-45/h3-4,7-18,23-24H,1-2,5-6,19-22,25,45H2,(H,46,49)(H,47,51). The maximum Gasteiger partial charge on any atom is 0.491 e. The Morgan fingerprint density at radius 2 is 1.46 bits per heavy atom. The van der Waals surface area contributed by atoms with Crippen molar-refractivity contribution in [1.29, 1.82) is 0 Å². The topological polar surface area (TPSA) is 114 Å². The van der Waals surface area contributed by atoms with Gasteiger partial charge in [0.15, 0.2) is 0 Å². The van der Waals surface area contributed by atoms with E-state index in [2.05, 4.69) is 15.4 Å². The van der Waals surface area contributed by atoms with Crippen LogP contribution in [-0.4, -0.2) is 48.6 Å². The van der Waals surface area contributed by atoms with Crippen LogP contribution in [0.5, 0.6) is 5.75 Å². The zero-order valence-corrected chi connectivity index (χ0v) is 28.0. The van der Waals surface area contributed by atoms with Gasteiger partial charge in [-0.15, -0.1) is 0 Å². The van der Waals surface area contributed by atoms with Gasteiger partial charge in [-0.05, 0) is 90.5 Å². The molecule has 14 heteroatoms. The summed E-state index contributed by atoms with van der Waals surface area (Å²) in [7, 11) is 0. The van der Waals surface area contributed by atoms with Gasteiger partial charge in [-0.1, -0.05) is 67.4 Å². The molecule has 0 bridgehead atoms. The average molecular weight is 729 g/mol. The number of hydrogen-bond acceptors (Lipinski definition) is 5. The average Bonchev–Trinajstić information content (AvgIpc) is 3.11. The van der Waals surface area contributed by atoms with Crippen LogP contribution in [0.2, 0.25) is 0 Å². The van der Waals surface area contributed by atoms with Gasteiger partial charge in [0.05, 0.1) is 5.56 Å². The van der Waals surface area contributed by atoms with E-state index in [1.807, 2.05) is 18.2 Å². The number of benzene rings is 4. The van der Waals surface area contributed by atoms with Gasteiger partial charge >= 0.3 is 24.4 Å². The summed E-state index contributed by atoms with van der Waals surface area (Å²) < 4.78 is 82.2. The van der Waals surface area contributed by atoms with Gasteiger partial charge in [0.25, 0.3) is 5.91 Å². The molecule has 4 rings (SSSR count). The molecule has 0 saturated carbocycles. The van der Waals surface area contributed by atoms with Crippen molar-refractivity contribution in [2.24, 2.45) is 5.73 Å². The summed E-state index contributed by atoms with van der Waals surface area (Å²) in [5.74, 6) is -2.92. The Morgan fingerprint density at radius 3 is 2.17 bits per heavy atom. The molecule has 0 atom stereocenters. The number of anilines is 1. The summed E-state index contributed by atoms with van der Waals surface area (Å²) in [6.45, 7) is 1.19. The van der Waals surface area contributed by atoms with Crippen LogP contribution in [0.15, 0.2) is 97.1 Å². The van der Waals surface area contributed by atoms with E-state index in [0.29, 0.717) is 40.9 Å². The van der Waals surface area contributed by atoms with E-state index in [-0.39, 0.29) is 36.9 Å². The van der Waals surface area contributed by atoms with Gasteiger partial charge in [0.1, 0.15) is 5.75 Å². The highest BCUT2D eigenvalue weighted by Crippen LogP contribution is 2.31. The van der Waals surface area contributed by atoms with Crippen LogP contribution < -0.4 is 21.1 Å². The molecule has 0 saturated heterocycles. The van der Waals surface area contributed by atoms with Crippen molar-refractivity contribution in [3.63, 3.8) is 0 Å². The fraction of sp³-hybridized carbons (Fsp3) is 0.289. The van der Waals surface area contributed by atoms with Crippen LogP contribution >= 0.6 is 0 Å². The van der Waals surface area contributed by atoms with Crippen molar-refractivity contribution in [3.05, 3.63) is 119 Å². The number of nitrogens with zero attached hydrogens (tertiary/aromatic N) is 1. The van der Waals surface area contributed by atoms with E-state index in [1.54, 1.807) is 30.3 Å². The van der Waals surface area contributed by atoms with Crippen molar-refractivity contribution in [2.45, 2.75) is 51.0 Å². The normalized spacial score (nSPS) is 11.5. The van der Waals surface area contributed by atoms with E-state index in [9.17, 15) is 40.7 Å². The number of carbonyl (C=O) groups is 3. The number of carbonyl (C=O) groups excluding carboxylic acids is 3. The molecule has 276 valence electrons. The zero-order chi connectivity index (χ0) is 37.7. The molecule has 0 heterocycles. The molecule has 4 aromatic carbocycles. The molecule has 0 aliphatic carbocycles. The van der Waals surface area contributed by atoms with Crippen LogP contribution in [0.3, 0.4) is 0 Å². The second kappa shape index (κ2) is 18.2. The minimum Gasteiger partial charge on any atom is -0.420 e. The van der Waals surface area contributed by atoms with Crippen LogP contribution in [0, 0.1) is 0 Å². The molecule has 3 amide bonds. The van der Waals surface area contributed by atoms with E-state index in [4.69, 9.17) is 5.73 Å². The number of halogens is 6. The number of urea groups is 1. The molecule has 0 radical (unpaired) electrons. The molecule has 0 aliphatic rings. The Bertz CT molecular complexity index is 1810. The largest absolute Gasteiger partial charge is 0.491 e. The highest BCUT2D eigenvalue weighted by molar-refractivity contribution is 6.01. The van der Waals surface area contributed by atoms with Crippen LogP contribution in [0.4, 0.5) is 36.8 Å². The molecule has 8 nitrogen and oxygen atoms in total. The van der Waals surface area contributed by atoms with Crippen molar-refractivity contribution in [3.8, 4) is 16.9 Å². The van der Waals surface area contributed by atoms with E-state index >= 15 is 0 Å². The number of hydrogen-bond donors (Lipinski definition) is 3. The maximum atomic E-state index is 13.6. The number of amides is 3. The highest BCUT2D eigenvalue weighted by Gasteiger charge is 2.41. The lowest BCUT2D eigenvalue weighted by Gasteiger charge is -2.24. The van der Waals surface area contributed by atoms with Gasteiger partial charge in [0.2, 0.25) is 0 Å². The second-order valence-electron chi connectivity index (χ2n) is 11.9. The third kappa shape index (κ3) is 11.9. The van der Waals surface area contributed by atoms with Crippen LogP contribution in [0.25, 0.3) is 11.1 Å². The van der Waals surface area contributed by atoms with Crippen LogP contribution in [-0.2, 0) is 23.9 Å². The Balaban J connectivity index is 1.53. The number of nitrogens with one attached hydrogen (secondary N) is 2. The Labute approximate surface area is 297 Å². The van der Waals surface area contributed by atoms with Crippen molar-refractivity contribution >= 4 is 23.6 Å². The first kappa shape index (κ1) is 39.4. The predicted molar refractivity (Wildman–Crippen MR) is 184 cm³/mol. The second-order valence-corrected chi connectivity index (χ2v) is 11.9. The first-order chi connectivity index (χ1) is 24.7. The summed E-state index contributed by atoms with van der Waals surface area (Å²) in [4.78, 5) is 39.2. The van der Waals surface area contributed by atoms with Crippen LogP contribution in [0.1, 0.15) is 52.7 Å². The minimum atomic E-state index is -5.16. The van der Waals surface area contributed by atoms with Gasteiger partial charge in [-0.3, -0.25) is 4.79 Å². The summed E-state index contributed by atoms with van der Waals surface area (Å²) in [6, 6.07) is 23.0. The fourth-order valence-electron chi connectivity index (χ4n) is 5.29. The fourth-order valence-corrected chi connectivity index (χ4v) is 5.29. The smallest absolute Gasteiger partial charge is 0.420 e. The molecule has 0 aliphatic heterocycles. The number of unbranched alkanes of at least 4 members (excludes halogenated alkanes) is 3. The van der Waals surface area contributed by atoms with Gasteiger partial charge in [-0.2, -0.15) is 26.3 Å². The monoisotopic (exact) mass is 728 g/mol. The van der Waals surface area contributed by atoms with E-state index in [0.717, 1.165) is 37.8 Å². The summed E-state index contributed by atoms with van der Waals surface area (Å²) in [5, 5.41) is 5.48. The number of nitrogens with two attached hydrogens (primary N) is 1. The van der Waals surface area contributed by atoms with Gasteiger partial charge in [0, 0.05) is 30.9 Å². The molecule has 0 spiro atoms. The molecule has 52 heavy (non-hydrogen) atoms. The molecule has 0 unspecified atom stereocenters. The molecule has 4 aromatic rings. The minimum absolute atomic E-state index is 0.0110. The van der Waals surface area contributed by atoms with Crippen molar-refractivity contribution in [2.75, 3.05) is 25.0 Å². The Hall–Kier alpha value is -5.37. The molecule has 0 fully saturated rings. The summed E-state index contributed by atoms with van der Waals surface area (Å²) in [5.41, 5.74) is 7.59. The zero-order valence-electron chi connectivity index (χ0n) is 28.0. The van der Waals surface area contributed by atoms with Gasteiger partial charge in [-0.25, -0.2) is 9.59 Å². The molecular weight excluding hydrogens is 690 g/mol. The van der Waals surface area contributed by atoms with Gasteiger partial charge < -0.3 is 26.0 Å². The predicted octanol–water partition coefficient (Wildman–Crippen LogP) is 8.37. The third-order valence-corrected chi connectivity index (χ3v) is 7.96. The Morgan fingerprint density at radius 1 is 0.750 bits per heavy atom. The number of esters is 1. The molecular formula is C38H38F6N4O4. The molecule has 0 aromatic heterocycles. The maximum absolute atomic E-state index is 13.6.